The van der Waals surface area contributed by atoms with E-state index in [9.17, 15) is 0 Å². The van der Waals surface area contributed by atoms with E-state index in [0.717, 1.165) is 31.2 Å². The minimum Gasteiger partial charge on any atom is -0.394 e. The summed E-state index contributed by atoms with van der Waals surface area (Å²) in [7, 11) is 0. The maximum absolute atomic E-state index is 9.03. The number of nitrogens with zero attached hydrogens (tertiary/aromatic N) is 1. The number of aliphatic hydroxyl groups is 1. The van der Waals surface area contributed by atoms with Crippen molar-refractivity contribution in [2.75, 3.05) is 26.2 Å². The molecule has 3 unspecified atom stereocenters. The molecular formula is C12H26N2O. The van der Waals surface area contributed by atoms with E-state index in [2.05, 4.69) is 18.7 Å². The van der Waals surface area contributed by atoms with Crippen LogP contribution in [0, 0.1) is 11.8 Å². The highest BCUT2D eigenvalue weighted by atomic mass is 16.3. The lowest BCUT2D eigenvalue weighted by Crippen LogP contribution is -2.40. The third-order valence-electron chi connectivity index (χ3n) is 3.65. The molecule has 15 heavy (non-hydrogen) atoms. The monoisotopic (exact) mass is 214 g/mol. The van der Waals surface area contributed by atoms with E-state index in [0.29, 0.717) is 0 Å². The van der Waals surface area contributed by atoms with Crippen LogP contribution >= 0.6 is 0 Å². The Balaban J connectivity index is 2.16. The molecule has 0 spiro atoms. The van der Waals surface area contributed by atoms with Gasteiger partial charge in [-0.25, -0.2) is 0 Å². The quantitative estimate of drug-likeness (QED) is 0.719. The number of hydrogen-bond acceptors (Lipinski definition) is 3. The molecule has 1 saturated heterocycles. The van der Waals surface area contributed by atoms with Crippen molar-refractivity contribution >= 4 is 0 Å². The second-order valence-corrected chi connectivity index (χ2v) is 5.63. The Morgan fingerprint density at radius 1 is 1.33 bits per heavy atom. The van der Waals surface area contributed by atoms with Crippen molar-refractivity contribution in [3.63, 3.8) is 0 Å². The van der Waals surface area contributed by atoms with Crippen molar-refractivity contribution in [2.24, 2.45) is 17.6 Å². The SMILES string of the molecule is CC1CN(CCCC(C)(N)CO)CC1C. The number of aliphatic hydroxyl groups excluding tert-OH is 1. The summed E-state index contributed by atoms with van der Waals surface area (Å²) in [5.74, 6) is 1.65. The summed E-state index contributed by atoms with van der Waals surface area (Å²) in [6, 6.07) is 0. The van der Waals surface area contributed by atoms with Crippen LogP contribution in [0.3, 0.4) is 0 Å². The Morgan fingerprint density at radius 2 is 1.87 bits per heavy atom. The van der Waals surface area contributed by atoms with Gasteiger partial charge < -0.3 is 15.7 Å². The molecule has 0 aromatic rings. The molecule has 3 atom stereocenters. The predicted molar refractivity (Wildman–Crippen MR) is 63.7 cm³/mol. The number of likely N-dealkylation sites (tertiary alicyclic amines) is 1. The minimum absolute atomic E-state index is 0.0831. The van der Waals surface area contributed by atoms with E-state index in [1.807, 2.05) is 6.92 Å². The van der Waals surface area contributed by atoms with Gasteiger partial charge in [0.25, 0.3) is 0 Å². The van der Waals surface area contributed by atoms with Crippen molar-refractivity contribution in [1.29, 1.82) is 0 Å². The average molecular weight is 214 g/mol. The molecule has 1 rings (SSSR count). The van der Waals surface area contributed by atoms with Crippen molar-refractivity contribution < 1.29 is 5.11 Å². The molecule has 3 nitrogen and oxygen atoms in total. The van der Waals surface area contributed by atoms with Crippen LogP contribution in [0.2, 0.25) is 0 Å². The first-order chi connectivity index (χ1) is 6.94. The van der Waals surface area contributed by atoms with Crippen LogP contribution in [0.1, 0.15) is 33.6 Å². The van der Waals surface area contributed by atoms with E-state index >= 15 is 0 Å². The van der Waals surface area contributed by atoms with Crippen LogP contribution < -0.4 is 5.73 Å². The molecular weight excluding hydrogens is 188 g/mol. The van der Waals surface area contributed by atoms with Gasteiger partial charge >= 0.3 is 0 Å². The summed E-state index contributed by atoms with van der Waals surface area (Å²) in [6.07, 6.45) is 2.00. The Labute approximate surface area is 93.6 Å². The highest BCUT2D eigenvalue weighted by Gasteiger charge is 2.26. The molecule has 0 amide bonds. The van der Waals surface area contributed by atoms with E-state index in [-0.39, 0.29) is 6.61 Å². The molecule has 0 aliphatic carbocycles. The molecule has 1 fully saturated rings. The van der Waals surface area contributed by atoms with Crippen LogP contribution in [0.25, 0.3) is 0 Å². The standard InChI is InChI=1S/C12H26N2O/c1-10-7-14(8-11(10)2)6-4-5-12(3,13)9-15/h10-11,15H,4-9,13H2,1-3H3. The number of rotatable bonds is 5. The summed E-state index contributed by atoms with van der Waals surface area (Å²) in [4.78, 5) is 2.52. The lowest BCUT2D eigenvalue weighted by atomic mass is 9.98. The maximum atomic E-state index is 9.03. The van der Waals surface area contributed by atoms with Gasteiger partial charge in [0.1, 0.15) is 0 Å². The van der Waals surface area contributed by atoms with Crippen molar-refractivity contribution in [1.82, 2.24) is 4.90 Å². The fourth-order valence-electron chi connectivity index (χ4n) is 2.22. The Bertz CT molecular complexity index is 184. The van der Waals surface area contributed by atoms with Crippen LogP contribution in [0.5, 0.6) is 0 Å². The zero-order valence-electron chi connectivity index (χ0n) is 10.4. The number of hydrogen-bond donors (Lipinski definition) is 2. The minimum atomic E-state index is -0.392. The summed E-state index contributed by atoms with van der Waals surface area (Å²) < 4.78 is 0. The van der Waals surface area contributed by atoms with E-state index < -0.39 is 5.54 Å². The lowest BCUT2D eigenvalue weighted by Gasteiger charge is -2.23. The smallest absolute Gasteiger partial charge is 0.0608 e. The van der Waals surface area contributed by atoms with Crippen molar-refractivity contribution in [3.05, 3.63) is 0 Å². The molecule has 1 aliphatic heterocycles. The average Bonchev–Trinajstić information content (AvgIpc) is 2.46. The summed E-state index contributed by atoms with van der Waals surface area (Å²) in [5.41, 5.74) is 5.49. The molecule has 90 valence electrons. The molecule has 0 saturated carbocycles. The van der Waals surface area contributed by atoms with Gasteiger partial charge in [-0.2, -0.15) is 0 Å². The fraction of sp³-hybridized carbons (Fsp3) is 1.00. The summed E-state index contributed by atoms with van der Waals surface area (Å²) >= 11 is 0. The van der Waals surface area contributed by atoms with Crippen LogP contribution in [-0.2, 0) is 0 Å². The predicted octanol–water partition coefficient (Wildman–Crippen LogP) is 1.06. The normalized spacial score (nSPS) is 31.8. The Morgan fingerprint density at radius 3 is 2.33 bits per heavy atom. The molecule has 3 N–H and O–H groups in total. The van der Waals surface area contributed by atoms with Gasteiger partial charge in [0, 0.05) is 18.6 Å². The first-order valence-electron chi connectivity index (χ1n) is 6.07. The van der Waals surface area contributed by atoms with E-state index in [4.69, 9.17) is 10.8 Å². The van der Waals surface area contributed by atoms with Gasteiger partial charge in [-0.3, -0.25) is 0 Å². The Kier molecular flexibility index (Phi) is 4.56. The summed E-state index contributed by atoms with van der Waals surface area (Å²) in [6.45, 7) is 10.2. The second kappa shape index (κ2) is 5.28. The Hall–Kier alpha value is -0.120. The van der Waals surface area contributed by atoms with Gasteiger partial charge in [0.15, 0.2) is 0 Å². The number of nitrogens with two attached hydrogens (primary N) is 1. The van der Waals surface area contributed by atoms with Crippen LogP contribution in [-0.4, -0.2) is 41.8 Å². The summed E-state index contributed by atoms with van der Waals surface area (Å²) in [5, 5.41) is 9.03. The van der Waals surface area contributed by atoms with Crippen LogP contribution in [0.15, 0.2) is 0 Å². The molecule has 0 radical (unpaired) electrons. The molecule has 3 heteroatoms. The molecule has 0 bridgehead atoms. The van der Waals surface area contributed by atoms with Gasteiger partial charge in [0.2, 0.25) is 0 Å². The molecule has 1 heterocycles. The van der Waals surface area contributed by atoms with Crippen LogP contribution in [0.4, 0.5) is 0 Å². The highest BCUT2D eigenvalue weighted by Crippen LogP contribution is 2.22. The fourth-order valence-corrected chi connectivity index (χ4v) is 2.22. The van der Waals surface area contributed by atoms with E-state index in [1.54, 1.807) is 0 Å². The van der Waals surface area contributed by atoms with E-state index in [1.165, 1.54) is 13.1 Å². The van der Waals surface area contributed by atoms with Gasteiger partial charge in [-0.15, -0.1) is 0 Å². The zero-order chi connectivity index (χ0) is 11.5. The zero-order valence-corrected chi connectivity index (χ0v) is 10.4. The third kappa shape index (κ3) is 4.09. The third-order valence-corrected chi connectivity index (χ3v) is 3.65. The topological polar surface area (TPSA) is 49.5 Å². The first-order valence-corrected chi connectivity index (χ1v) is 6.07. The maximum Gasteiger partial charge on any atom is 0.0608 e. The first kappa shape index (κ1) is 12.9. The molecule has 0 aromatic carbocycles. The van der Waals surface area contributed by atoms with Crippen molar-refractivity contribution in [2.45, 2.75) is 39.2 Å². The highest BCUT2D eigenvalue weighted by molar-refractivity contribution is 4.81. The van der Waals surface area contributed by atoms with Gasteiger partial charge in [-0.1, -0.05) is 13.8 Å². The molecule has 0 aromatic heterocycles. The van der Waals surface area contributed by atoms with Crippen molar-refractivity contribution in [3.8, 4) is 0 Å². The van der Waals surface area contributed by atoms with Gasteiger partial charge in [0.05, 0.1) is 6.61 Å². The second-order valence-electron chi connectivity index (χ2n) is 5.63. The van der Waals surface area contributed by atoms with Gasteiger partial charge in [-0.05, 0) is 38.1 Å². The largest absolute Gasteiger partial charge is 0.394 e. The lowest BCUT2D eigenvalue weighted by molar-refractivity contribution is 0.191. The molecule has 1 aliphatic rings.